The molecule has 0 saturated carbocycles. The Morgan fingerprint density at radius 1 is 0.969 bits per heavy atom. The summed E-state index contributed by atoms with van der Waals surface area (Å²) < 4.78 is 7.57. The van der Waals surface area contributed by atoms with Crippen molar-refractivity contribution in [3.05, 3.63) is 59.8 Å². The molecule has 1 aliphatic rings. The van der Waals surface area contributed by atoms with Gasteiger partial charge >= 0.3 is 0 Å². The summed E-state index contributed by atoms with van der Waals surface area (Å²) in [6, 6.07) is 14.1. The molecule has 3 aromatic rings. The van der Waals surface area contributed by atoms with Gasteiger partial charge in [-0.25, -0.2) is 0 Å². The van der Waals surface area contributed by atoms with Gasteiger partial charge in [0.2, 0.25) is 0 Å². The lowest BCUT2D eigenvalue weighted by atomic mass is 9.98. The molecule has 7 nitrogen and oxygen atoms in total. The smallest absolute Gasteiger partial charge is 0.163 e. The van der Waals surface area contributed by atoms with Crippen LogP contribution in [-0.2, 0) is 11.2 Å². The minimum atomic E-state index is -1.43. The fourth-order valence-electron chi connectivity index (χ4n) is 4.18. The number of hydrogen-bond donors (Lipinski definition) is 5. The van der Waals surface area contributed by atoms with Gasteiger partial charge in [0, 0.05) is 28.0 Å². The second-order valence-corrected chi connectivity index (χ2v) is 9.28. The monoisotopic (exact) mass is 459 g/mol. The van der Waals surface area contributed by atoms with E-state index in [1.807, 2.05) is 43.5 Å². The Hall–Kier alpha value is -1.91. The highest BCUT2D eigenvalue weighted by atomic mass is 32.2. The predicted octanol–water partition coefficient (Wildman–Crippen LogP) is 2.00. The number of fused-ring (bicyclic) bond motifs is 1. The Morgan fingerprint density at radius 3 is 2.41 bits per heavy atom. The average Bonchev–Trinajstić information content (AvgIpc) is 3.16. The Balaban J connectivity index is 1.69. The molecule has 8 heteroatoms. The Labute approximate surface area is 190 Å². The highest BCUT2D eigenvalue weighted by Crippen LogP contribution is 2.40. The molecule has 1 saturated heterocycles. The van der Waals surface area contributed by atoms with Crippen molar-refractivity contribution in [1.82, 2.24) is 4.57 Å². The zero-order chi connectivity index (χ0) is 22.8. The van der Waals surface area contributed by atoms with E-state index in [4.69, 9.17) is 9.84 Å². The molecule has 0 amide bonds. The lowest BCUT2D eigenvalue weighted by molar-refractivity contribution is -0.250. The van der Waals surface area contributed by atoms with Crippen molar-refractivity contribution in [3.8, 4) is 0 Å². The molecule has 0 unspecified atom stereocenters. The maximum atomic E-state index is 10.6. The molecule has 0 aliphatic carbocycles. The van der Waals surface area contributed by atoms with Crippen LogP contribution in [-0.4, -0.2) is 67.7 Å². The minimum absolute atomic E-state index is 0.174. The van der Waals surface area contributed by atoms with Crippen LogP contribution in [0.3, 0.4) is 0 Å². The number of rotatable bonds is 7. The van der Waals surface area contributed by atoms with Gasteiger partial charge in [-0.3, -0.25) is 0 Å². The second-order valence-electron chi connectivity index (χ2n) is 8.16. The lowest BCUT2D eigenvalue weighted by Gasteiger charge is -2.40. The molecule has 2 aromatic carbocycles. The lowest BCUT2D eigenvalue weighted by Crippen LogP contribution is -2.56. The van der Waals surface area contributed by atoms with Gasteiger partial charge in [0.15, 0.2) is 6.23 Å². The molecule has 32 heavy (non-hydrogen) atoms. The van der Waals surface area contributed by atoms with Crippen molar-refractivity contribution < 1.29 is 30.3 Å². The summed E-state index contributed by atoms with van der Waals surface area (Å²) in [5, 5.41) is 50.6. The van der Waals surface area contributed by atoms with Crippen molar-refractivity contribution in [3.63, 3.8) is 0 Å². The van der Waals surface area contributed by atoms with E-state index in [0.717, 1.165) is 39.1 Å². The summed E-state index contributed by atoms with van der Waals surface area (Å²) in [7, 11) is 0. The maximum absolute atomic E-state index is 10.6. The molecule has 0 bridgehead atoms. The summed E-state index contributed by atoms with van der Waals surface area (Å²) >= 11 is 1.59. The van der Waals surface area contributed by atoms with Gasteiger partial charge in [-0.05, 0) is 49.1 Å². The molecular weight excluding hydrogens is 430 g/mol. The molecule has 172 valence electrons. The zero-order valence-corrected chi connectivity index (χ0v) is 18.7. The molecule has 5 N–H and O–H groups in total. The molecule has 1 aliphatic heterocycles. The van der Waals surface area contributed by atoms with E-state index >= 15 is 0 Å². The molecule has 2 heterocycles. The van der Waals surface area contributed by atoms with E-state index in [2.05, 4.69) is 12.1 Å². The summed E-state index contributed by atoms with van der Waals surface area (Å²) in [5.41, 5.74) is 3.06. The van der Waals surface area contributed by atoms with Gasteiger partial charge in [-0.15, -0.1) is 0 Å². The third kappa shape index (κ3) is 4.45. The highest BCUT2D eigenvalue weighted by molar-refractivity contribution is 7.99. The third-order valence-corrected chi connectivity index (χ3v) is 6.98. The first-order chi connectivity index (χ1) is 15.4. The van der Waals surface area contributed by atoms with Crippen molar-refractivity contribution in [1.29, 1.82) is 0 Å². The zero-order valence-electron chi connectivity index (χ0n) is 17.8. The highest BCUT2D eigenvalue weighted by Gasteiger charge is 2.44. The van der Waals surface area contributed by atoms with Crippen LogP contribution in [0.15, 0.2) is 58.5 Å². The number of nitrogens with zero attached hydrogens (tertiary/aromatic N) is 1. The largest absolute Gasteiger partial charge is 0.396 e. The van der Waals surface area contributed by atoms with Gasteiger partial charge in [-0.2, -0.15) is 0 Å². The predicted molar refractivity (Wildman–Crippen MR) is 122 cm³/mol. The fourth-order valence-corrected chi connectivity index (χ4v) is 5.24. The molecular formula is C24H29NO6S. The minimum Gasteiger partial charge on any atom is -0.396 e. The van der Waals surface area contributed by atoms with Gasteiger partial charge in [0.25, 0.3) is 0 Å². The van der Waals surface area contributed by atoms with Crippen LogP contribution in [0.2, 0.25) is 0 Å². The number of aryl methyl sites for hydroxylation is 2. The van der Waals surface area contributed by atoms with Crippen LogP contribution >= 0.6 is 11.8 Å². The molecule has 4 rings (SSSR count). The maximum Gasteiger partial charge on any atom is 0.163 e. The van der Waals surface area contributed by atoms with E-state index in [-0.39, 0.29) is 6.61 Å². The van der Waals surface area contributed by atoms with Gasteiger partial charge in [0.05, 0.1) is 12.1 Å². The fraction of sp³-hybridized carbons (Fsp3) is 0.417. The Morgan fingerprint density at radius 2 is 1.72 bits per heavy atom. The van der Waals surface area contributed by atoms with Gasteiger partial charge in [0.1, 0.15) is 24.4 Å². The Kier molecular flexibility index (Phi) is 7.21. The van der Waals surface area contributed by atoms with E-state index in [1.165, 1.54) is 5.56 Å². The number of aliphatic hydroxyl groups is 5. The quantitative estimate of drug-likeness (QED) is 0.367. The molecule has 0 radical (unpaired) electrons. The number of ether oxygens (including phenoxy) is 1. The van der Waals surface area contributed by atoms with Crippen LogP contribution in [0.4, 0.5) is 0 Å². The van der Waals surface area contributed by atoms with Crippen molar-refractivity contribution in [2.45, 2.75) is 60.2 Å². The number of aromatic nitrogens is 1. The summed E-state index contributed by atoms with van der Waals surface area (Å²) in [6.07, 6.45) is -2.66. The van der Waals surface area contributed by atoms with Crippen LogP contribution in [0.25, 0.3) is 10.9 Å². The molecule has 5 atom stereocenters. The molecule has 0 spiro atoms. The molecule has 1 aromatic heterocycles. The average molecular weight is 460 g/mol. The standard InChI is InChI=1S/C24H29NO6S/c1-14-4-2-6-17-20(14)19(32-16-9-7-15(8-10-16)5-3-11-26)12-25(17)24-23(30)22(29)21(28)18(13-27)31-24/h2,4,6-10,12,18,21-24,26-30H,3,5,11,13H2,1H3/t18-,21-,22+,23-,24-/m1/s1. The summed E-state index contributed by atoms with van der Waals surface area (Å²) in [4.78, 5) is 2.02. The SMILES string of the molecule is Cc1cccc2c1c(Sc1ccc(CCCO)cc1)cn2[C@@H]1O[C@H](CO)[C@@H](O)[C@H](O)[C@H]1O. The van der Waals surface area contributed by atoms with E-state index in [0.29, 0.717) is 0 Å². The molecule has 1 fully saturated rings. The van der Waals surface area contributed by atoms with Gasteiger partial charge < -0.3 is 34.8 Å². The summed E-state index contributed by atoms with van der Waals surface area (Å²) in [5.74, 6) is 0. The topological polar surface area (TPSA) is 115 Å². The van der Waals surface area contributed by atoms with Crippen molar-refractivity contribution >= 4 is 22.7 Å². The van der Waals surface area contributed by atoms with Crippen molar-refractivity contribution in [2.75, 3.05) is 13.2 Å². The first-order valence-corrected chi connectivity index (χ1v) is 11.5. The van der Waals surface area contributed by atoms with Crippen LogP contribution in [0, 0.1) is 6.92 Å². The number of hydrogen-bond acceptors (Lipinski definition) is 7. The van der Waals surface area contributed by atoms with Crippen LogP contribution < -0.4 is 0 Å². The second kappa shape index (κ2) is 9.93. The normalized spacial score (nSPS) is 26.0. The number of aliphatic hydroxyl groups excluding tert-OH is 5. The first-order valence-electron chi connectivity index (χ1n) is 10.7. The third-order valence-electron chi connectivity index (χ3n) is 5.95. The van der Waals surface area contributed by atoms with E-state index in [9.17, 15) is 20.4 Å². The van der Waals surface area contributed by atoms with Crippen LogP contribution in [0.5, 0.6) is 0 Å². The van der Waals surface area contributed by atoms with Gasteiger partial charge in [-0.1, -0.05) is 36.0 Å². The summed E-state index contributed by atoms with van der Waals surface area (Å²) in [6.45, 7) is 1.72. The number of benzene rings is 2. The Bertz CT molecular complexity index is 1050. The van der Waals surface area contributed by atoms with Crippen LogP contribution in [0.1, 0.15) is 23.8 Å². The van der Waals surface area contributed by atoms with E-state index in [1.54, 1.807) is 16.3 Å². The first kappa shape index (κ1) is 23.3. The van der Waals surface area contributed by atoms with Crippen molar-refractivity contribution in [2.24, 2.45) is 0 Å². The van der Waals surface area contributed by atoms with E-state index < -0.39 is 37.3 Å².